The number of aliphatic carboxylic acids is 1. The number of carbonyl (C=O) groups is 2. The van der Waals surface area contributed by atoms with E-state index in [1.165, 1.54) is 11.9 Å². The Kier molecular flexibility index (Phi) is 5.05. The highest BCUT2D eigenvalue weighted by atomic mass is 16.6. The summed E-state index contributed by atoms with van der Waals surface area (Å²) < 4.78 is 5.29. The molecule has 0 aromatic carbocycles. The number of ether oxygens (including phenoxy) is 1. The van der Waals surface area contributed by atoms with Crippen molar-refractivity contribution in [1.29, 1.82) is 0 Å². The van der Waals surface area contributed by atoms with Crippen LogP contribution in [0.25, 0.3) is 0 Å². The van der Waals surface area contributed by atoms with Crippen LogP contribution in [0.4, 0.5) is 4.79 Å². The van der Waals surface area contributed by atoms with Crippen molar-refractivity contribution in [3.05, 3.63) is 0 Å². The Morgan fingerprint density at radius 3 is 2.10 bits per heavy atom. The minimum absolute atomic E-state index is 0.379. The van der Waals surface area contributed by atoms with Gasteiger partial charge in [0.05, 0.1) is 0 Å². The first-order chi connectivity index (χ1) is 9.07. The molecule has 1 rings (SSSR count). The zero-order valence-corrected chi connectivity index (χ0v) is 13.2. The normalized spacial score (nSPS) is 20.1. The predicted octanol–water partition coefficient (Wildman–Crippen LogP) is 3.28. The minimum atomic E-state index is -0.956. The fraction of sp³-hybridized carbons (Fsp3) is 0.867. The van der Waals surface area contributed by atoms with Gasteiger partial charge >= 0.3 is 12.1 Å². The minimum Gasteiger partial charge on any atom is -0.480 e. The number of carboxylic acids is 1. The third kappa shape index (κ3) is 4.12. The van der Waals surface area contributed by atoms with E-state index >= 15 is 0 Å². The second-order valence-electron chi connectivity index (χ2n) is 7.05. The summed E-state index contributed by atoms with van der Waals surface area (Å²) in [5.74, 6) is -0.956. The molecule has 0 radical (unpaired) electrons. The molecule has 0 aromatic heterocycles. The number of carboxylic acid groups (broad SMARTS) is 1. The molecule has 1 aliphatic rings. The zero-order chi connectivity index (χ0) is 15.6. The molecule has 0 heterocycles. The molecule has 0 saturated heterocycles. The molecule has 1 N–H and O–H groups in total. The van der Waals surface area contributed by atoms with E-state index in [2.05, 4.69) is 0 Å². The van der Waals surface area contributed by atoms with E-state index in [-0.39, 0.29) is 5.41 Å². The zero-order valence-electron chi connectivity index (χ0n) is 13.2. The van der Waals surface area contributed by atoms with E-state index < -0.39 is 23.7 Å². The van der Waals surface area contributed by atoms with Gasteiger partial charge in [0.25, 0.3) is 0 Å². The van der Waals surface area contributed by atoms with Crippen LogP contribution in [0.15, 0.2) is 0 Å². The van der Waals surface area contributed by atoms with Crippen molar-refractivity contribution in [2.45, 2.75) is 71.4 Å². The van der Waals surface area contributed by atoms with Crippen LogP contribution in [0.3, 0.4) is 0 Å². The Hall–Kier alpha value is -1.26. The summed E-state index contributed by atoms with van der Waals surface area (Å²) in [5, 5.41) is 9.56. The van der Waals surface area contributed by atoms with Crippen molar-refractivity contribution >= 4 is 12.1 Å². The lowest BCUT2D eigenvalue weighted by molar-refractivity contribution is -0.148. The summed E-state index contributed by atoms with van der Waals surface area (Å²) in [5.41, 5.74) is -1.00. The number of carbonyl (C=O) groups excluding carboxylic acids is 1. The molecule has 1 aliphatic carbocycles. The second-order valence-corrected chi connectivity index (χ2v) is 7.05. The summed E-state index contributed by atoms with van der Waals surface area (Å²) in [4.78, 5) is 25.0. The molecule has 1 unspecified atom stereocenters. The van der Waals surface area contributed by atoms with Gasteiger partial charge in [-0.25, -0.2) is 9.59 Å². The van der Waals surface area contributed by atoms with Gasteiger partial charge in [0.2, 0.25) is 0 Å². The quantitative estimate of drug-likeness (QED) is 0.864. The van der Waals surface area contributed by atoms with Gasteiger partial charge in [0, 0.05) is 7.05 Å². The first-order valence-electron chi connectivity index (χ1n) is 7.25. The summed E-state index contributed by atoms with van der Waals surface area (Å²) >= 11 is 0. The fourth-order valence-corrected chi connectivity index (χ4v) is 3.00. The predicted molar refractivity (Wildman–Crippen MR) is 76.6 cm³/mol. The molecule has 0 spiro atoms. The van der Waals surface area contributed by atoms with Crippen molar-refractivity contribution in [3.8, 4) is 0 Å². The average molecular weight is 285 g/mol. The molecule has 5 nitrogen and oxygen atoms in total. The number of rotatable bonds is 3. The standard InChI is InChI=1S/C15H27NO4/c1-14(2,3)20-13(19)16(5)11(12(17)18)15(4)9-7-6-8-10-15/h11H,6-10H2,1-5H3,(H,17,18). The van der Waals surface area contributed by atoms with Crippen LogP contribution >= 0.6 is 0 Å². The van der Waals surface area contributed by atoms with Crippen LogP contribution in [0.2, 0.25) is 0 Å². The van der Waals surface area contributed by atoms with Crippen molar-refractivity contribution in [3.63, 3.8) is 0 Å². The van der Waals surface area contributed by atoms with E-state index in [0.29, 0.717) is 0 Å². The van der Waals surface area contributed by atoms with Gasteiger partial charge in [0.15, 0.2) is 0 Å². The molecule has 0 bridgehead atoms. The number of hydrogen-bond acceptors (Lipinski definition) is 3. The van der Waals surface area contributed by atoms with E-state index in [0.717, 1.165) is 32.1 Å². The monoisotopic (exact) mass is 285 g/mol. The van der Waals surface area contributed by atoms with Gasteiger partial charge in [-0.15, -0.1) is 0 Å². The maximum Gasteiger partial charge on any atom is 0.410 e. The van der Waals surface area contributed by atoms with Crippen LogP contribution in [0, 0.1) is 5.41 Å². The molecule has 0 aromatic rings. The van der Waals surface area contributed by atoms with Crippen LogP contribution in [-0.4, -0.2) is 40.8 Å². The molecule has 1 atom stereocenters. The van der Waals surface area contributed by atoms with E-state index in [1.54, 1.807) is 20.8 Å². The Bertz CT molecular complexity index is 367. The maximum atomic E-state index is 12.1. The Labute approximate surface area is 121 Å². The van der Waals surface area contributed by atoms with Crippen LogP contribution < -0.4 is 0 Å². The first-order valence-corrected chi connectivity index (χ1v) is 7.25. The molecule has 0 aliphatic heterocycles. The smallest absolute Gasteiger partial charge is 0.410 e. The lowest BCUT2D eigenvalue weighted by Crippen LogP contribution is -2.53. The van der Waals surface area contributed by atoms with Crippen molar-refractivity contribution in [1.82, 2.24) is 4.90 Å². The number of likely N-dealkylation sites (N-methyl/N-ethyl adjacent to an activating group) is 1. The average Bonchev–Trinajstić information content (AvgIpc) is 2.26. The highest BCUT2D eigenvalue weighted by molar-refractivity contribution is 5.81. The summed E-state index contributed by atoms with van der Waals surface area (Å²) in [6.07, 6.45) is 4.26. The Balaban J connectivity index is 2.90. The van der Waals surface area contributed by atoms with Gasteiger partial charge in [-0.2, -0.15) is 0 Å². The van der Waals surface area contributed by atoms with E-state index in [9.17, 15) is 14.7 Å². The van der Waals surface area contributed by atoms with Crippen molar-refractivity contribution in [2.24, 2.45) is 5.41 Å². The highest BCUT2D eigenvalue weighted by Crippen LogP contribution is 2.41. The maximum absolute atomic E-state index is 12.1. The molecular formula is C15H27NO4. The molecular weight excluding hydrogens is 258 g/mol. The van der Waals surface area contributed by atoms with Gasteiger partial charge in [-0.3, -0.25) is 4.90 Å². The lowest BCUT2D eigenvalue weighted by atomic mass is 9.70. The summed E-state index contributed by atoms with van der Waals surface area (Å²) in [6.45, 7) is 7.29. The van der Waals surface area contributed by atoms with Crippen molar-refractivity contribution < 1.29 is 19.4 Å². The third-order valence-corrected chi connectivity index (χ3v) is 3.96. The molecule has 1 amide bonds. The molecule has 20 heavy (non-hydrogen) atoms. The van der Waals surface area contributed by atoms with E-state index in [1.807, 2.05) is 6.92 Å². The van der Waals surface area contributed by atoms with Gasteiger partial charge < -0.3 is 9.84 Å². The Morgan fingerprint density at radius 1 is 1.20 bits per heavy atom. The topological polar surface area (TPSA) is 66.8 Å². The SMILES string of the molecule is CN(C(=O)OC(C)(C)C)C(C(=O)O)C1(C)CCCCC1. The molecule has 1 saturated carbocycles. The summed E-state index contributed by atoms with van der Waals surface area (Å²) in [7, 11) is 1.52. The highest BCUT2D eigenvalue weighted by Gasteiger charge is 2.44. The fourth-order valence-electron chi connectivity index (χ4n) is 3.00. The van der Waals surface area contributed by atoms with Gasteiger partial charge in [-0.05, 0) is 39.0 Å². The second kappa shape index (κ2) is 6.02. The number of nitrogens with zero attached hydrogens (tertiary/aromatic N) is 1. The third-order valence-electron chi connectivity index (χ3n) is 3.96. The van der Waals surface area contributed by atoms with Crippen LogP contribution in [-0.2, 0) is 9.53 Å². The van der Waals surface area contributed by atoms with Gasteiger partial charge in [-0.1, -0.05) is 26.2 Å². The number of amides is 1. The van der Waals surface area contributed by atoms with Crippen LogP contribution in [0.5, 0.6) is 0 Å². The van der Waals surface area contributed by atoms with Crippen molar-refractivity contribution in [2.75, 3.05) is 7.05 Å². The largest absolute Gasteiger partial charge is 0.480 e. The van der Waals surface area contributed by atoms with E-state index in [4.69, 9.17) is 4.74 Å². The molecule has 5 heteroatoms. The van der Waals surface area contributed by atoms with Crippen LogP contribution in [0.1, 0.15) is 59.8 Å². The van der Waals surface area contributed by atoms with Gasteiger partial charge in [0.1, 0.15) is 11.6 Å². The number of hydrogen-bond donors (Lipinski definition) is 1. The molecule has 1 fully saturated rings. The molecule has 116 valence electrons. The summed E-state index contributed by atoms with van der Waals surface area (Å²) in [6, 6.07) is -0.836. The first kappa shape index (κ1) is 16.8. The Morgan fingerprint density at radius 2 is 1.70 bits per heavy atom. The lowest BCUT2D eigenvalue weighted by Gasteiger charge is -2.42.